The highest BCUT2D eigenvalue weighted by molar-refractivity contribution is 5.75. The molecule has 138 valence electrons. The van der Waals surface area contributed by atoms with Gasteiger partial charge in [0.15, 0.2) is 0 Å². The van der Waals surface area contributed by atoms with Gasteiger partial charge in [-0.15, -0.1) is 0 Å². The number of methoxy groups -OCH3 is 1. The fourth-order valence-electron chi connectivity index (χ4n) is 3.47. The van der Waals surface area contributed by atoms with Crippen LogP contribution in [0.5, 0.6) is 5.75 Å². The van der Waals surface area contributed by atoms with E-state index in [1.165, 1.54) is 5.56 Å². The molecule has 2 aliphatic rings. The average molecular weight is 347 g/mol. The first kappa shape index (κ1) is 18.0. The molecule has 1 heterocycles. The van der Waals surface area contributed by atoms with Crippen molar-refractivity contribution in [2.75, 3.05) is 40.0 Å². The number of nitrogens with one attached hydrogen (secondary N) is 2. The number of para-hydroxylation sites is 1. The smallest absolute Gasteiger partial charge is 0.315 e. The second kappa shape index (κ2) is 7.62. The maximum Gasteiger partial charge on any atom is 0.315 e. The Morgan fingerprint density at radius 1 is 1.32 bits per heavy atom. The Hall–Kier alpha value is -1.79. The van der Waals surface area contributed by atoms with E-state index in [1.807, 2.05) is 18.2 Å². The lowest BCUT2D eigenvalue weighted by atomic mass is 10.0. The molecule has 2 N–H and O–H groups in total. The largest absolute Gasteiger partial charge is 0.496 e. The van der Waals surface area contributed by atoms with Crippen molar-refractivity contribution in [2.24, 2.45) is 0 Å². The lowest BCUT2D eigenvalue weighted by Gasteiger charge is -2.40. The Balaban J connectivity index is 1.46. The van der Waals surface area contributed by atoms with Crippen molar-refractivity contribution in [1.82, 2.24) is 15.5 Å². The minimum atomic E-state index is -0.0938. The number of ether oxygens (including phenoxy) is 2. The SMILES string of the molecule is COc1ccccc1[C@@H]1C[C@H]1NC(=O)NCC(C)(C)N1CCOCC1. The number of carbonyl (C=O) groups is 1. The highest BCUT2D eigenvalue weighted by atomic mass is 16.5. The summed E-state index contributed by atoms with van der Waals surface area (Å²) in [5, 5.41) is 6.11. The molecule has 6 nitrogen and oxygen atoms in total. The summed E-state index contributed by atoms with van der Waals surface area (Å²) in [6.07, 6.45) is 0.959. The summed E-state index contributed by atoms with van der Waals surface area (Å²) in [7, 11) is 1.68. The molecular weight excluding hydrogens is 318 g/mol. The summed E-state index contributed by atoms with van der Waals surface area (Å²) in [5.74, 6) is 1.24. The summed E-state index contributed by atoms with van der Waals surface area (Å²) in [6, 6.07) is 8.11. The van der Waals surface area contributed by atoms with Gasteiger partial charge in [0.1, 0.15) is 5.75 Å². The third kappa shape index (κ3) is 4.44. The van der Waals surface area contributed by atoms with E-state index < -0.39 is 0 Å². The van der Waals surface area contributed by atoms with E-state index in [1.54, 1.807) is 7.11 Å². The molecule has 2 fully saturated rings. The molecule has 0 spiro atoms. The molecule has 2 atom stereocenters. The summed E-state index contributed by atoms with van der Waals surface area (Å²) < 4.78 is 10.8. The maximum atomic E-state index is 12.3. The van der Waals surface area contributed by atoms with Crippen LogP contribution in [0.1, 0.15) is 31.7 Å². The Bertz CT molecular complexity index is 599. The number of morpholine rings is 1. The van der Waals surface area contributed by atoms with Gasteiger partial charge < -0.3 is 20.1 Å². The molecule has 1 aromatic rings. The summed E-state index contributed by atoms with van der Waals surface area (Å²) in [5.41, 5.74) is 1.09. The highest BCUT2D eigenvalue weighted by Gasteiger charge is 2.41. The summed E-state index contributed by atoms with van der Waals surface area (Å²) in [6.45, 7) is 8.28. The van der Waals surface area contributed by atoms with Gasteiger partial charge in [0.25, 0.3) is 0 Å². The minimum Gasteiger partial charge on any atom is -0.496 e. The van der Waals surface area contributed by atoms with E-state index in [0.717, 1.165) is 38.5 Å². The first-order valence-corrected chi connectivity index (χ1v) is 9.01. The van der Waals surface area contributed by atoms with Crippen molar-refractivity contribution in [2.45, 2.75) is 37.8 Å². The standard InChI is InChI=1S/C19H29N3O3/c1-19(2,22-8-10-25-11-9-22)13-20-18(23)21-16-12-15(16)14-6-4-5-7-17(14)24-3/h4-7,15-16H,8-13H2,1-3H3,(H2,20,21,23)/t15-,16+/m0/s1. The number of hydrogen-bond donors (Lipinski definition) is 2. The first-order valence-electron chi connectivity index (χ1n) is 9.01. The zero-order chi connectivity index (χ0) is 17.9. The van der Waals surface area contributed by atoms with Gasteiger partial charge in [0, 0.05) is 37.1 Å². The van der Waals surface area contributed by atoms with Gasteiger partial charge in [-0.25, -0.2) is 4.79 Å². The normalized spacial score (nSPS) is 23.8. The van der Waals surface area contributed by atoms with Crippen LogP contribution in [-0.4, -0.2) is 62.5 Å². The lowest BCUT2D eigenvalue weighted by molar-refractivity contribution is -0.00874. The van der Waals surface area contributed by atoms with E-state index >= 15 is 0 Å². The van der Waals surface area contributed by atoms with Crippen molar-refractivity contribution in [3.63, 3.8) is 0 Å². The topological polar surface area (TPSA) is 62.8 Å². The molecule has 25 heavy (non-hydrogen) atoms. The van der Waals surface area contributed by atoms with Crippen LogP contribution < -0.4 is 15.4 Å². The first-order chi connectivity index (χ1) is 12.0. The van der Waals surface area contributed by atoms with Gasteiger partial charge in [-0.1, -0.05) is 18.2 Å². The molecule has 1 saturated heterocycles. The molecule has 0 bridgehead atoms. The van der Waals surface area contributed by atoms with Crippen molar-refractivity contribution < 1.29 is 14.3 Å². The van der Waals surface area contributed by atoms with Crippen LogP contribution in [0.25, 0.3) is 0 Å². The number of carbonyl (C=O) groups excluding carboxylic acids is 1. The Kier molecular flexibility index (Phi) is 5.49. The molecule has 1 saturated carbocycles. The predicted molar refractivity (Wildman–Crippen MR) is 97.1 cm³/mol. The molecule has 1 aliphatic carbocycles. The molecule has 0 aromatic heterocycles. The van der Waals surface area contributed by atoms with Gasteiger partial charge in [0.05, 0.1) is 20.3 Å². The van der Waals surface area contributed by atoms with Crippen molar-refractivity contribution >= 4 is 6.03 Å². The number of benzene rings is 1. The molecule has 6 heteroatoms. The summed E-state index contributed by atoms with van der Waals surface area (Å²) >= 11 is 0. The van der Waals surface area contributed by atoms with Crippen LogP contribution in [0.3, 0.4) is 0 Å². The Labute approximate surface area is 149 Å². The Morgan fingerprint density at radius 2 is 2.04 bits per heavy atom. The van der Waals surface area contributed by atoms with Crippen LogP contribution in [0.15, 0.2) is 24.3 Å². The molecule has 1 aliphatic heterocycles. The molecule has 1 aromatic carbocycles. The number of nitrogens with zero attached hydrogens (tertiary/aromatic N) is 1. The number of hydrogen-bond acceptors (Lipinski definition) is 4. The monoisotopic (exact) mass is 347 g/mol. The van der Waals surface area contributed by atoms with Gasteiger partial charge in [-0.05, 0) is 31.9 Å². The lowest BCUT2D eigenvalue weighted by Crippen LogP contribution is -2.56. The molecule has 2 amide bonds. The third-order valence-corrected chi connectivity index (χ3v) is 5.19. The van der Waals surface area contributed by atoms with Gasteiger partial charge in [0.2, 0.25) is 0 Å². The van der Waals surface area contributed by atoms with Crippen molar-refractivity contribution in [3.05, 3.63) is 29.8 Å². The maximum absolute atomic E-state index is 12.3. The second-order valence-electron chi connectivity index (χ2n) is 7.43. The van der Waals surface area contributed by atoms with Crippen LogP contribution in [0.2, 0.25) is 0 Å². The zero-order valence-electron chi connectivity index (χ0n) is 15.4. The van der Waals surface area contributed by atoms with Gasteiger partial charge >= 0.3 is 6.03 Å². The molecule has 3 rings (SSSR count). The fourth-order valence-corrected chi connectivity index (χ4v) is 3.47. The quantitative estimate of drug-likeness (QED) is 0.826. The van der Waals surface area contributed by atoms with Crippen LogP contribution >= 0.6 is 0 Å². The number of urea groups is 1. The van der Waals surface area contributed by atoms with Crippen LogP contribution in [0.4, 0.5) is 4.79 Å². The van der Waals surface area contributed by atoms with Gasteiger partial charge in [-0.2, -0.15) is 0 Å². The minimum absolute atomic E-state index is 0.0767. The van der Waals surface area contributed by atoms with E-state index in [9.17, 15) is 4.79 Å². The zero-order valence-corrected chi connectivity index (χ0v) is 15.4. The van der Waals surface area contributed by atoms with E-state index in [2.05, 4.69) is 35.4 Å². The molecule has 0 radical (unpaired) electrons. The molecule has 0 unspecified atom stereocenters. The number of rotatable bonds is 6. The molecular formula is C19H29N3O3. The predicted octanol–water partition coefficient (Wildman–Crippen LogP) is 1.96. The van der Waals surface area contributed by atoms with E-state index in [0.29, 0.717) is 12.5 Å². The average Bonchev–Trinajstić information content (AvgIpc) is 3.39. The van der Waals surface area contributed by atoms with Gasteiger partial charge in [-0.3, -0.25) is 4.90 Å². The van der Waals surface area contributed by atoms with Crippen LogP contribution in [-0.2, 0) is 4.74 Å². The van der Waals surface area contributed by atoms with E-state index in [4.69, 9.17) is 9.47 Å². The summed E-state index contributed by atoms with van der Waals surface area (Å²) in [4.78, 5) is 14.6. The second-order valence-corrected chi connectivity index (χ2v) is 7.43. The van der Waals surface area contributed by atoms with Crippen molar-refractivity contribution in [3.8, 4) is 5.75 Å². The van der Waals surface area contributed by atoms with E-state index in [-0.39, 0.29) is 17.6 Å². The van der Waals surface area contributed by atoms with Crippen LogP contribution in [0, 0.1) is 0 Å². The third-order valence-electron chi connectivity index (χ3n) is 5.19. The highest BCUT2D eigenvalue weighted by Crippen LogP contribution is 2.44. The Morgan fingerprint density at radius 3 is 2.76 bits per heavy atom. The number of amides is 2. The fraction of sp³-hybridized carbons (Fsp3) is 0.632. The van der Waals surface area contributed by atoms with Crippen molar-refractivity contribution in [1.29, 1.82) is 0 Å².